The number of hydrogen-bond acceptors (Lipinski definition) is 3. The SMILES string of the molecule is CN1CCN2C(=O)C(c3ccccc3)NC(=O)C2C1. The largest absolute Gasteiger partial charge is 0.339 e. The third kappa shape index (κ3) is 2.10. The predicted molar refractivity (Wildman–Crippen MR) is 70.3 cm³/mol. The van der Waals surface area contributed by atoms with E-state index in [2.05, 4.69) is 10.2 Å². The van der Waals surface area contributed by atoms with Gasteiger partial charge in [0.15, 0.2) is 0 Å². The molecule has 2 unspecified atom stereocenters. The van der Waals surface area contributed by atoms with Gasteiger partial charge in [-0.25, -0.2) is 0 Å². The van der Waals surface area contributed by atoms with Crippen molar-refractivity contribution in [2.75, 3.05) is 26.7 Å². The first-order valence-electron chi connectivity index (χ1n) is 6.51. The van der Waals surface area contributed by atoms with Crippen LogP contribution in [0.5, 0.6) is 0 Å². The van der Waals surface area contributed by atoms with Crippen molar-refractivity contribution in [3.63, 3.8) is 0 Å². The normalized spacial score (nSPS) is 27.9. The summed E-state index contributed by atoms with van der Waals surface area (Å²) in [6, 6.07) is 8.53. The van der Waals surface area contributed by atoms with Crippen molar-refractivity contribution < 1.29 is 9.59 Å². The molecule has 0 spiro atoms. The van der Waals surface area contributed by atoms with Crippen molar-refractivity contribution in [3.8, 4) is 0 Å². The number of hydrogen-bond donors (Lipinski definition) is 1. The van der Waals surface area contributed by atoms with Gasteiger partial charge in [-0.15, -0.1) is 0 Å². The molecule has 0 saturated carbocycles. The lowest BCUT2D eigenvalue weighted by Gasteiger charge is -2.44. The van der Waals surface area contributed by atoms with Crippen LogP contribution in [0.15, 0.2) is 30.3 Å². The molecule has 2 fully saturated rings. The number of fused-ring (bicyclic) bond motifs is 1. The molecular formula is C14H17N3O2. The van der Waals surface area contributed by atoms with Crippen LogP contribution in [0.25, 0.3) is 0 Å². The van der Waals surface area contributed by atoms with E-state index in [1.54, 1.807) is 4.90 Å². The first-order chi connectivity index (χ1) is 9.16. The summed E-state index contributed by atoms with van der Waals surface area (Å²) in [5, 5.41) is 2.85. The van der Waals surface area contributed by atoms with E-state index in [-0.39, 0.29) is 17.9 Å². The Hall–Kier alpha value is -1.88. The van der Waals surface area contributed by atoms with Crippen LogP contribution in [0.1, 0.15) is 11.6 Å². The Kier molecular flexibility index (Phi) is 2.98. The van der Waals surface area contributed by atoms with E-state index in [1.807, 2.05) is 37.4 Å². The number of carbonyl (C=O) groups is 2. The van der Waals surface area contributed by atoms with Crippen molar-refractivity contribution >= 4 is 11.8 Å². The smallest absolute Gasteiger partial charge is 0.250 e. The van der Waals surface area contributed by atoms with Crippen LogP contribution in [0.3, 0.4) is 0 Å². The maximum absolute atomic E-state index is 12.5. The van der Waals surface area contributed by atoms with Crippen LogP contribution in [0, 0.1) is 0 Å². The van der Waals surface area contributed by atoms with E-state index in [1.165, 1.54) is 0 Å². The highest BCUT2D eigenvalue weighted by Crippen LogP contribution is 2.23. The summed E-state index contributed by atoms with van der Waals surface area (Å²) < 4.78 is 0. The molecule has 3 rings (SSSR count). The van der Waals surface area contributed by atoms with Crippen molar-refractivity contribution in [2.24, 2.45) is 0 Å². The van der Waals surface area contributed by atoms with Gasteiger partial charge in [0, 0.05) is 19.6 Å². The zero-order valence-electron chi connectivity index (χ0n) is 10.9. The monoisotopic (exact) mass is 259 g/mol. The van der Waals surface area contributed by atoms with Crippen molar-refractivity contribution in [1.82, 2.24) is 15.1 Å². The second kappa shape index (κ2) is 4.66. The lowest BCUT2D eigenvalue weighted by Crippen LogP contribution is -2.66. The molecule has 5 heteroatoms. The number of nitrogens with zero attached hydrogens (tertiary/aromatic N) is 2. The minimum atomic E-state index is -0.534. The molecule has 2 atom stereocenters. The number of piperazine rings is 2. The van der Waals surface area contributed by atoms with Gasteiger partial charge >= 0.3 is 0 Å². The van der Waals surface area contributed by atoms with Gasteiger partial charge in [0.1, 0.15) is 12.1 Å². The van der Waals surface area contributed by atoms with Gasteiger partial charge in [-0.05, 0) is 12.6 Å². The van der Waals surface area contributed by atoms with Gasteiger partial charge in [0.25, 0.3) is 5.91 Å². The average Bonchev–Trinajstić information content (AvgIpc) is 2.43. The molecule has 2 saturated heterocycles. The van der Waals surface area contributed by atoms with E-state index in [0.717, 1.165) is 12.1 Å². The van der Waals surface area contributed by atoms with E-state index in [0.29, 0.717) is 13.1 Å². The molecule has 19 heavy (non-hydrogen) atoms. The fraction of sp³-hybridized carbons (Fsp3) is 0.429. The number of carbonyl (C=O) groups excluding carboxylic acids is 2. The highest BCUT2D eigenvalue weighted by Gasteiger charge is 2.43. The molecule has 0 radical (unpaired) electrons. The van der Waals surface area contributed by atoms with Crippen LogP contribution in [-0.2, 0) is 9.59 Å². The van der Waals surface area contributed by atoms with Crippen LogP contribution in [0.2, 0.25) is 0 Å². The molecule has 0 aromatic heterocycles. The number of nitrogens with one attached hydrogen (secondary N) is 1. The van der Waals surface area contributed by atoms with Crippen molar-refractivity contribution in [1.29, 1.82) is 0 Å². The van der Waals surface area contributed by atoms with E-state index >= 15 is 0 Å². The molecule has 1 N–H and O–H groups in total. The summed E-state index contributed by atoms with van der Waals surface area (Å²) in [5.74, 6) is -0.0519. The van der Waals surface area contributed by atoms with Crippen LogP contribution in [0.4, 0.5) is 0 Å². The Morgan fingerprint density at radius 1 is 1.16 bits per heavy atom. The zero-order valence-corrected chi connectivity index (χ0v) is 10.9. The standard InChI is InChI=1S/C14H17N3O2/c1-16-7-8-17-11(9-16)13(18)15-12(14(17)19)10-5-3-2-4-6-10/h2-6,11-12H,7-9H2,1H3,(H,15,18). The number of benzene rings is 1. The first-order valence-corrected chi connectivity index (χ1v) is 6.51. The van der Waals surface area contributed by atoms with Gasteiger partial charge in [0.05, 0.1) is 0 Å². The van der Waals surface area contributed by atoms with Gasteiger partial charge < -0.3 is 15.1 Å². The maximum atomic E-state index is 12.5. The Balaban J connectivity index is 1.87. The highest BCUT2D eigenvalue weighted by atomic mass is 16.2. The zero-order chi connectivity index (χ0) is 13.4. The summed E-state index contributed by atoms with van der Waals surface area (Å²) in [4.78, 5) is 28.5. The summed E-state index contributed by atoms with van der Waals surface area (Å²) in [6.45, 7) is 2.05. The topological polar surface area (TPSA) is 52.6 Å². The van der Waals surface area contributed by atoms with Crippen molar-refractivity contribution in [3.05, 3.63) is 35.9 Å². The third-order valence-electron chi connectivity index (χ3n) is 3.84. The lowest BCUT2D eigenvalue weighted by atomic mass is 9.99. The van der Waals surface area contributed by atoms with E-state index in [4.69, 9.17) is 0 Å². The number of amides is 2. The van der Waals surface area contributed by atoms with E-state index < -0.39 is 6.04 Å². The maximum Gasteiger partial charge on any atom is 0.250 e. The molecule has 2 aliphatic rings. The van der Waals surface area contributed by atoms with Crippen LogP contribution in [-0.4, -0.2) is 54.3 Å². The summed E-state index contributed by atoms with van der Waals surface area (Å²) in [6.07, 6.45) is 0. The quantitative estimate of drug-likeness (QED) is 0.772. The highest BCUT2D eigenvalue weighted by molar-refractivity contribution is 5.97. The summed E-state index contributed by atoms with van der Waals surface area (Å²) >= 11 is 0. The van der Waals surface area contributed by atoms with Crippen LogP contribution >= 0.6 is 0 Å². The molecule has 2 aliphatic heterocycles. The second-order valence-electron chi connectivity index (χ2n) is 5.16. The summed E-state index contributed by atoms with van der Waals surface area (Å²) in [7, 11) is 1.97. The van der Waals surface area contributed by atoms with E-state index in [9.17, 15) is 9.59 Å². The molecule has 100 valence electrons. The minimum Gasteiger partial charge on any atom is -0.339 e. The number of rotatable bonds is 1. The number of likely N-dealkylation sites (N-methyl/N-ethyl adjacent to an activating group) is 1. The van der Waals surface area contributed by atoms with Gasteiger partial charge in [-0.1, -0.05) is 30.3 Å². The molecule has 1 aromatic rings. The van der Waals surface area contributed by atoms with Gasteiger partial charge in [-0.2, -0.15) is 0 Å². The Morgan fingerprint density at radius 2 is 1.89 bits per heavy atom. The molecule has 2 heterocycles. The Morgan fingerprint density at radius 3 is 2.63 bits per heavy atom. The van der Waals surface area contributed by atoms with Crippen molar-refractivity contribution in [2.45, 2.75) is 12.1 Å². The first kappa shape index (κ1) is 12.2. The van der Waals surface area contributed by atoms with Gasteiger partial charge in [0.2, 0.25) is 5.91 Å². The lowest BCUT2D eigenvalue weighted by molar-refractivity contribution is -0.152. The summed E-state index contributed by atoms with van der Waals surface area (Å²) in [5.41, 5.74) is 0.846. The fourth-order valence-electron chi connectivity index (χ4n) is 2.74. The molecule has 0 aliphatic carbocycles. The molecule has 2 amide bonds. The minimum absolute atomic E-state index is 0.00361. The molecule has 5 nitrogen and oxygen atoms in total. The second-order valence-corrected chi connectivity index (χ2v) is 5.16. The predicted octanol–water partition coefficient (Wildman–Crippen LogP) is 0.0001000. The Labute approximate surface area is 112 Å². The molecular weight excluding hydrogens is 242 g/mol. The van der Waals surface area contributed by atoms with Gasteiger partial charge in [-0.3, -0.25) is 9.59 Å². The molecule has 1 aromatic carbocycles. The van der Waals surface area contributed by atoms with Crippen LogP contribution < -0.4 is 5.32 Å². The fourth-order valence-corrected chi connectivity index (χ4v) is 2.74. The average molecular weight is 259 g/mol. The Bertz CT molecular complexity index is 503. The third-order valence-corrected chi connectivity index (χ3v) is 3.84. The molecule has 0 bridgehead atoms.